The van der Waals surface area contributed by atoms with Crippen LogP contribution in [-0.4, -0.2) is 79.7 Å². The van der Waals surface area contributed by atoms with E-state index in [1.165, 1.54) is 11.9 Å². The van der Waals surface area contributed by atoms with Gasteiger partial charge in [-0.3, -0.25) is 24.4 Å². The van der Waals surface area contributed by atoms with Crippen LogP contribution in [0.15, 0.2) is 0 Å². The number of hydroxylamine groups is 1. The van der Waals surface area contributed by atoms with E-state index in [1.807, 2.05) is 13.8 Å². The van der Waals surface area contributed by atoms with E-state index in [0.717, 1.165) is 0 Å². The highest BCUT2D eigenvalue weighted by molar-refractivity contribution is 5.92. The molecule has 0 aromatic heterocycles. The molecule has 12 heteroatoms. The van der Waals surface area contributed by atoms with Gasteiger partial charge in [0.2, 0.25) is 23.6 Å². The third kappa shape index (κ3) is 9.94. The fourth-order valence-electron chi connectivity index (χ4n) is 3.85. The zero-order valence-electron chi connectivity index (χ0n) is 20.5. The Morgan fingerprint density at radius 3 is 2.47 bits per heavy atom. The molecule has 0 unspecified atom stereocenters. The number of ether oxygens (including phenoxy) is 1. The predicted molar refractivity (Wildman–Crippen MR) is 122 cm³/mol. The summed E-state index contributed by atoms with van der Waals surface area (Å²) in [5, 5.41) is 17.0. The van der Waals surface area contributed by atoms with Crippen LogP contribution in [-0.2, 0) is 23.9 Å². The Morgan fingerprint density at radius 2 is 1.85 bits per heavy atom. The van der Waals surface area contributed by atoms with Crippen molar-refractivity contribution in [3.8, 4) is 0 Å². The van der Waals surface area contributed by atoms with E-state index in [0.29, 0.717) is 32.2 Å². The maximum atomic E-state index is 13.3. The number of carbonyl (C=O) groups is 5. The zero-order valence-corrected chi connectivity index (χ0v) is 20.5. The minimum Gasteiger partial charge on any atom is -0.449 e. The Hall–Kier alpha value is -2.89. The van der Waals surface area contributed by atoms with Crippen molar-refractivity contribution in [1.82, 2.24) is 26.3 Å². The van der Waals surface area contributed by atoms with Crippen LogP contribution in [0.5, 0.6) is 0 Å². The topological polar surface area (TPSA) is 166 Å². The summed E-state index contributed by atoms with van der Waals surface area (Å²) in [5.41, 5.74) is 1.63. The van der Waals surface area contributed by atoms with E-state index in [9.17, 15) is 29.2 Å². The molecule has 1 aliphatic rings. The quantitative estimate of drug-likeness (QED) is 0.264. The van der Waals surface area contributed by atoms with Crippen molar-refractivity contribution >= 4 is 29.7 Å². The molecule has 0 bridgehead atoms. The van der Waals surface area contributed by atoms with Gasteiger partial charge in [0.05, 0.1) is 19.1 Å². The van der Waals surface area contributed by atoms with Crippen molar-refractivity contribution in [3.05, 3.63) is 0 Å². The van der Waals surface area contributed by atoms with E-state index in [4.69, 9.17) is 4.74 Å². The summed E-state index contributed by atoms with van der Waals surface area (Å²) in [5.74, 6) is -3.73. The number of cyclic esters (lactones) is 1. The van der Waals surface area contributed by atoms with Crippen molar-refractivity contribution in [3.63, 3.8) is 0 Å². The van der Waals surface area contributed by atoms with E-state index < -0.39 is 41.7 Å². The fourth-order valence-corrected chi connectivity index (χ4v) is 3.85. The first-order valence-electron chi connectivity index (χ1n) is 11.7. The van der Waals surface area contributed by atoms with Gasteiger partial charge in [-0.15, -0.1) is 0 Å². The molecule has 5 amide bonds. The Labute approximate surface area is 200 Å². The minimum atomic E-state index is -0.924. The van der Waals surface area contributed by atoms with Crippen molar-refractivity contribution in [1.29, 1.82) is 0 Å². The monoisotopic (exact) mass is 485 g/mol. The van der Waals surface area contributed by atoms with Gasteiger partial charge >= 0.3 is 6.09 Å². The number of rotatable bonds is 6. The second-order valence-corrected chi connectivity index (χ2v) is 8.94. The molecule has 1 fully saturated rings. The minimum absolute atomic E-state index is 0.0545. The molecule has 1 aliphatic heterocycles. The van der Waals surface area contributed by atoms with E-state index in [1.54, 1.807) is 12.5 Å². The van der Waals surface area contributed by atoms with Crippen LogP contribution in [0.1, 0.15) is 52.4 Å². The second-order valence-electron chi connectivity index (χ2n) is 8.94. The van der Waals surface area contributed by atoms with E-state index >= 15 is 0 Å². The SMILES string of the molecule is CNC(=O)CNC(=O)[C@@H]1CCCCN(C)C(=O)OCCC[C@H](C(=O)NO)[C@@H](CC(C)C)C(=O)N1. The molecule has 34 heavy (non-hydrogen) atoms. The molecule has 0 aliphatic carbocycles. The second kappa shape index (κ2) is 15.1. The number of carbonyl (C=O) groups excluding carboxylic acids is 5. The highest BCUT2D eigenvalue weighted by Crippen LogP contribution is 2.26. The maximum absolute atomic E-state index is 13.3. The highest BCUT2D eigenvalue weighted by Gasteiger charge is 2.36. The van der Waals surface area contributed by atoms with Gasteiger partial charge in [0.15, 0.2) is 0 Å². The van der Waals surface area contributed by atoms with E-state index in [-0.39, 0.29) is 37.8 Å². The average molecular weight is 486 g/mol. The van der Waals surface area contributed by atoms with Crippen molar-refractivity contribution < 1.29 is 33.9 Å². The molecule has 1 rings (SSSR count). The number of likely N-dealkylation sites (N-methyl/N-ethyl adjacent to an activating group) is 1. The largest absolute Gasteiger partial charge is 0.449 e. The smallest absolute Gasteiger partial charge is 0.409 e. The number of hydrogen-bond donors (Lipinski definition) is 5. The molecule has 0 aromatic carbocycles. The third-order valence-corrected chi connectivity index (χ3v) is 5.76. The summed E-state index contributed by atoms with van der Waals surface area (Å²) < 4.78 is 5.25. The maximum Gasteiger partial charge on any atom is 0.409 e. The van der Waals surface area contributed by atoms with Gasteiger partial charge in [-0.1, -0.05) is 13.8 Å². The average Bonchev–Trinajstić information content (AvgIpc) is 2.81. The molecule has 5 N–H and O–H groups in total. The van der Waals surface area contributed by atoms with E-state index in [2.05, 4.69) is 16.0 Å². The molecule has 0 spiro atoms. The van der Waals surface area contributed by atoms with Crippen molar-refractivity contribution in [2.24, 2.45) is 17.8 Å². The first-order valence-corrected chi connectivity index (χ1v) is 11.7. The first kappa shape index (κ1) is 29.1. The van der Waals surface area contributed by atoms with Crippen LogP contribution in [0.3, 0.4) is 0 Å². The summed E-state index contributed by atoms with van der Waals surface area (Å²) in [6.07, 6.45) is 1.73. The summed E-state index contributed by atoms with van der Waals surface area (Å²) in [7, 11) is 3.06. The fraction of sp³-hybridized carbons (Fsp3) is 0.773. The van der Waals surface area contributed by atoms with Gasteiger partial charge in [-0.25, -0.2) is 10.3 Å². The molecule has 1 saturated heterocycles. The van der Waals surface area contributed by atoms with Gasteiger partial charge in [0.1, 0.15) is 6.04 Å². The molecule has 0 radical (unpaired) electrons. The summed E-state index contributed by atoms with van der Waals surface area (Å²) >= 11 is 0. The van der Waals surface area contributed by atoms with Gasteiger partial charge in [-0.2, -0.15) is 0 Å². The molecule has 0 aromatic rings. The molecule has 12 nitrogen and oxygen atoms in total. The number of nitrogens with zero attached hydrogens (tertiary/aromatic N) is 1. The summed E-state index contributed by atoms with van der Waals surface area (Å²) in [6.45, 7) is 4.05. The number of amides is 5. The molecular weight excluding hydrogens is 446 g/mol. The summed E-state index contributed by atoms with van der Waals surface area (Å²) in [4.78, 5) is 63.6. The van der Waals surface area contributed by atoms with Gasteiger partial charge in [-0.05, 0) is 44.4 Å². The standard InChI is InChI=1S/C22H39N5O7/c1-14(2)12-16-15(20(30)26-33)8-7-11-34-22(32)27(4)10-6-5-9-17(25-19(16)29)21(31)24-13-18(28)23-3/h14-17,33H,5-13H2,1-4H3,(H,23,28)(H,24,31)(H,25,29)(H,26,30)/t15-,16+,17-/m0/s1. The van der Waals surface area contributed by atoms with Gasteiger partial charge in [0.25, 0.3) is 0 Å². The van der Waals surface area contributed by atoms with Crippen LogP contribution in [0.4, 0.5) is 4.79 Å². The molecule has 3 atom stereocenters. The third-order valence-electron chi connectivity index (χ3n) is 5.76. The lowest BCUT2D eigenvalue weighted by Gasteiger charge is -2.28. The Morgan fingerprint density at radius 1 is 1.15 bits per heavy atom. The van der Waals surface area contributed by atoms with Crippen molar-refractivity contribution in [2.45, 2.75) is 58.4 Å². The lowest BCUT2D eigenvalue weighted by Crippen LogP contribution is -2.52. The van der Waals surface area contributed by atoms with Gasteiger partial charge < -0.3 is 25.6 Å². The lowest BCUT2D eigenvalue weighted by atomic mass is 9.81. The first-order chi connectivity index (χ1) is 16.1. The van der Waals surface area contributed by atoms with Crippen molar-refractivity contribution in [2.75, 3.05) is 33.8 Å². The molecule has 194 valence electrons. The van der Waals surface area contributed by atoms with Crippen LogP contribution in [0.25, 0.3) is 0 Å². The summed E-state index contributed by atoms with van der Waals surface area (Å²) in [6, 6.07) is -0.924. The normalized spacial score (nSPS) is 23.1. The van der Waals surface area contributed by atoms with Crippen LogP contribution < -0.4 is 21.4 Å². The number of nitrogens with one attached hydrogen (secondary N) is 4. The lowest BCUT2D eigenvalue weighted by molar-refractivity contribution is -0.142. The van der Waals surface area contributed by atoms with Crippen LogP contribution in [0.2, 0.25) is 0 Å². The highest BCUT2D eigenvalue weighted by atomic mass is 16.6. The Bertz CT molecular complexity index is 716. The molecular formula is C22H39N5O7. The number of hydrogen-bond acceptors (Lipinski definition) is 7. The molecule has 1 heterocycles. The predicted octanol–water partition coefficient (Wildman–Crippen LogP) is 0.150. The Kier molecular flexibility index (Phi) is 12.9. The molecule has 0 saturated carbocycles. The Balaban J connectivity index is 3.18. The van der Waals surface area contributed by atoms with Gasteiger partial charge in [0, 0.05) is 26.6 Å². The zero-order chi connectivity index (χ0) is 25.7. The van der Waals surface area contributed by atoms with Crippen LogP contribution in [0, 0.1) is 17.8 Å². The van der Waals surface area contributed by atoms with Crippen LogP contribution >= 0.6 is 0 Å².